The van der Waals surface area contributed by atoms with Gasteiger partial charge in [0, 0.05) is 18.5 Å². The van der Waals surface area contributed by atoms with Crippen LogP contribution in [-0.2, 0) is 19.5 Å². The molecule has 0 amide bonds. The van der Waals surface area contributed by atoms with Crippen molar-refractivity contribution in [2.75, 3.05) is 33.8 Å². The van der Waals surface area contributed by atoms with Crippen LogP contribution in [0, 0.1) is 17.2 Å². The van der Waals surface area contributed by atoms with Crippen molar-refractivity contribution in [2.45, 2.75) is 45.7 Å². The summed E-state index contributed by atoms with van der Waals surface area (Å²) in [7, 11) is 4.08. The van der Waals surface area contributed by atoms with Gasteiger partial charge in [-0.1, -0.05) is 54.2 Å². The minimum absolute atomic E-state index is 0.419. The van der Waals surface area contributed by atoms with Crippen molar-refractivity contribution < 1.29 is 9.26 Å². The van der Waals surface area contributed by atoms with E-state index in [1.54, 1.807) is 12.2 Å². The first-order valence-corrected chi connectivity index (χ1v) is 13.8. The number of rotatable bonds is 12. The molecular weight excluding hydrogens is 484 g/mol. The van der Waals surface area contributed by atoms with Gasteiger partial charge in [0.25, 0.3) is 0 Å². The number of aryl methyl sites for hydroxylation is 1. The number of hydrogen-bond donors (Lipinski definition) is 0. The van der Waals surface area contributed by atoms with Crippen molar-refractivity contribution in [3.63, 3.8) is 0 Å². The fourth-order valence-electron chi connectivity index (χ4n) is 5.11. The van der Waals surface area contributed by atoms with Crippen LogP contribution in [0.4, 0.5) is 0 Å². The van der Waals surface area contributed by atoms with Crippen molar-refractivity contribution in [1.82, 2.24) is 15.0 Å². The van der Waals surface area contributed by atoms with Gasteiger partial charge in [-0.05, 0) is 95.1 Å². The summed E-state index contributed by atoms with van der Waals surface area (Å²) in [5.41, 5.74) is 5.79. The molecule has 0 bridgehead atoms. The van der Waals surface area contributed by atoms with Crippen molar-refractivity contribution in [3.05, 3.63) is 95.2 Å². The number of ether oxygens (including phenoxy) is 1. The van der Waals surface area contributed by atoms with E-state index in [1.807, 2.05) is 33.2 Å². The first-order valence-electron chi connectivity index (χ1n) is 13.8. The predicted molar refractivity (Wildman–Crippen MR) is 157 cm³/mol. The summed E-state index contributed by atoms with van der Waals surface area (Å²) in [5, 5.41) is 14.7. The van der Waals surface area contributed by atoms with Crippen LogP contribution >= 0.6 is 0 Å². The number of fused-ring (bicyclic) bond motifs is 1. The lowest BCUT2D eigenvalue weighted by Crippen LogP contribution is -2.33. The Morgan fingerprint density at radius 2 is 1.95 bits per heavy atom. The van der Waals surface area contributed by atoms with Gasteiger partial charge >= 0.3 is 0 Å². The van der Waals surface area contributed by atoms with E-state index in [9.17, 15) is 0 Å². The molecule has 0 spiro atoms. The van der Waals surface area contributed by atoms with Crippen LogP contribution in [-0.4, -0.2) is 48.7 Å². The molecule has 1 fully saturated rings. The number of aromatic nitrogens is 1. The molecule has 1 saturated heterocycles. The molecule has 0 atom stereocenters. The Morgan fingerprint density at radius 3 is 2.64 bits per heavy atom. The lowest BCUT2D eigenvalue weighted by atomic mass is 9.91. The largest absolute Gasteiger partial charge is 0.489 e. The Hall–Kier alpha value is -3.66. The molecule has 6 heteroatoms. The van der Waals surface area contributed by atoms with E-state index in [2.05, 4.69) is 64.0 Å². The third kappa shape index (κ3) is 7.92. The zero-order chi connectivity index (χ0) is 27.6. The van der Waals surface area contributed by atoms with Crippen LogP contribution in [0.1, 0.15) is 43.0 Å². The first-order chi connectivity index (χ1) is 19.0. The maximum atomic E-state index is 9.07. The highest BCUT2D eigenvalue weighted by Crippen LogP contribution is 2.33. The second kappa shape index (κ2) is 13.9. The third-order valence-corrected chi connectivity index (χ3v) is 7.35. The molecule has 1 aromatic heterocycles. The lowest BCUT2D eigenvalue weighted by Gasteiger charge is -2.31. The summed E-state index contributed by atoms with van der Waals surface area (Å²) < 4.78 is 12.1. The van der Waals surface area contributed by atoms with Crippen LogP contribution in [0.5, 0.6) is 5.75 Å². The van der Waals surface area contributed by atoms with Gasteiger partial charge in [0.2, 0.25) is 0 Å². The standard InChI is InChI=1S/C33H40N4O2/c1-5-26(21-34)12-11-25(2)24-38-32-16-14-29-31(35-39-33(29)30(32)23-36(3)4)15-13-27-17-19-37(20-18-27)22-28-9-7-6-8-10-28/h5-12,14,16,27H,1,13,15,17-20,22-24H2,2-4H3/b25-11+,26-12+. The molecular formula is C33H40N4O2. The van der Waals surface area contributed by atoms with Gasteiger partial charge < -0.3 is 14.2 Å². The Morgan fingerprint density at radius 1 is 1.18 bits per heavy atom. The normalized spacial score (nSPS) is 15.6. The fourth-order valence-corrected chi connectivity index (χ4v) is 5.11. The van der Waals surface area contributed by atoms with Crippen LogP contribution in [0.25, 0.3) is 11.0 Å². The van der Waals surface area contributed by atoms with Gasteiger partial charge in [0.15, 0.2) is 5.58 Å². The minimum atomic E-state index is 0.419. The van der Waals surface area contributed by atoms with Crippen molar-refractivity contribution in [2.24, 2.45) is 5.92 Å². The van der Waals surface area contributed by atoms with E-state index < -0.39 is 0 Å². The summed E-state index contributed by atoms with van der Waals surface area (Å²) >= 11 is 0. The molecule has 4 rings (SSSR count). The summed E-state index contributed by atoms with van der Waals surface area (Å²) in [4.78, 5) is 4.68. The van der Waals surface area contributed by atoms with Crippen molar-refractivity contribution >= 4 is 11.0 Å². The second-order valence-electron chi connectivity index (χ2n) is 10.8. The van der Waals surface area contributed by atoms with Gasteiger partial charge in [-0.2, -0.15) is 5.26 Å². The number of hydrogen-bond acceptors (Lipinski definition) is 6. The van der Waals surface area contributed by atoms with Gasteiger partial charge in [-0.3, -0.25) is 4.90 Å². The van der Waals surface area contributed by atoms with Crippen LogP contribution < -0.4 is 4.74 Å². The summed E-state index contributed by atoms with van der Waals surface area (Å²) in [6, 6.07) is 17.0. The molecule has 1 aliphatic rings. The van der Waals surface area contributed by atoms with Crippen molar-refractivity contribution in [1.29, 1.82) is 5.26 Å². The SMILES string of the molecule is C=C/C(C#N)=C\C=C(/C)COc1ccc2c(CCC3CCN(Cc4ccccc4)CC3)noc2c1CN(C)C. The van der Waals surface area contributed by atoms with E-state index >= 15 is 0 Å². The van der Waals surface area contributed by atoms with E-state index in [0.717, 1.165) is 71.9 Å². The Kier molecular flexibility index (Phi) is 10.1. The van der Waals surface area contributed by atoms with Gasteiger partial charge in [-0.25, -0.2) is 0 Å². The van der Waals surface area contributed by atoms with Crippen LogP contribution in [0.15, 0.2) is 82.9 Å². The molecule has 0 aliphatic carbocycles. The third-order valence-electron chi connectivity index (χ3n) is 7.35. The summed E-state index contributed by atoms with van der Waals surface area (Å²) in [5.74, 6) is 1.52. The first kappa shape index (κ1) is 28.4. The molecule has 6 nitrogen and oxygen atoms in total. The molecule has 0 N–H and O–H groups in total. The fraction of sp³-hybridized carbons (Fsp3) is 0.394. The zero-order valence-electron chi connectivity index (χ0n) is 23.5. The molecule has 0 radical (unpaired) electrons. The van der Waals surface area contributed by atoms with Gasteiger partial charge in [0.1, 0.15) is 12.4 Å². The Bertz CT molecular complexity index is 1340. The number of likely N-dealkylation sites (tertiary alicyclic amines) is 1. The van der Waals surface area contributed by atoms with E-state index in [-0.39, 0.29) is 0 Å². The monoisotopic (exact) mass is 524 g/mol. The van der Waals surface area contributed by atoms with E-state index in [0.29, 0.717) is 18.7 Å². The van der Waals surface area contributed by atoms with E-state index in [4.69, 9.17) is 14.5 Å². The highest BCUT2D eigenvalue weighted by Gasteiger charge is 2.22. The molecule has 2 aromatic carbocycles. The van der Waals surface area contributed by atoms with Crippen molar-refractivity contribution in [3.8, 4) is 11.8 Å². The van der Waals surface area contributed by atoms with Gasteiger partial charge in [-0.15, -0.1) is 0 Å². The number of allylic oxidation sites excluding steroid dienone is 4. The highest BCUT2D eigenvalue weighted by atomic mass is 16.5. The number of nitriles is 1. The average Bonchev–Trinajstić information content (AvgIpc) is 3.36. The maximum Gasteiger partial charge on any atom is 0.175 e. The summed E-state index contributed by atoms with van der Waals surface area (Å²) in [6.07, 6.45) is 9.72. The molecule has 2 heterocycles. The maximum absolute atomic E-state index is 9.07. The molecule has 0 unspecified atom stereocenters. The number of piperidine rings is 1. The quantitative estimate of drug-likeness (QED) is 0.194. The molecule has 1 aliphatic heterocycles. The number of benzene rings is 2. The summed E-state index contributed by atoms with van der Waals surface area (Å²) in [6.45, 7) is 10.1. The highest BCUT2D eigenvalue weighted by molar-refractivity contribution is 5.84. The molecule has 3 aromatic rings. The molecule has 0 saturated carbocycles. The molecule has 39 heavy (non-hydrogen) atoms. The minimum Gasteiger partial charge on any atom is -0.489 e. The predicted octanol–water partition coefficient (Wildman–Crippen LogP) is 6.70. The lowest BCUT2D eigenvalue weighted by molar-refractivity contribution is 0.172. The van der Waals surface area contributed by atoms with Gasteiger partial charge in [0.05, 0.1) is 22.9 Å². The van der Waals surface area contributed by atoms with Crippen LogP contribution in [0.3, 0.4) is 0 Å². The number of nitrogens with zero attached hydrogens (tertiary/aromatic N) is 4. The Labute approximate surface area is 232 Å². The molecule has 204 valence electrons. The second-order valence-corrected chi connectivity index (χ2v) is 10.8. The van der Waals surface area contributed by atoms with Crippen LogP contribution in [0.2, 0.25) is 0 Å². The average molecular weight is 525 g/mol. The topological polar surface area (TPSA) is 65.5 Å². The zero-order valence-corrected chi connectivity index (χ0v) is 23.5. The smallest absolute Gasteiger partial charge is 0.175 e. The Balaban J connectivity index is 1.38. The van der Waals surface area contributed by atoms with E-state index in [1.165, 1.54) is 18.4 Å².